The van der Waals surface area contributed by atoms with Gasteiger partial charge in [-0.15, -0.1) is 10.2 Å². The normalized spacial score (nSPS) is 11.0. The number of hydrogen-bond donors (Lipinski definition) is 0. The third kappa shape index (κ3) is 3.79. The number of hydrogen-bond acceptors (Lipinski definition) is 5. The second-order valence-corrected chi connectivity index (χ2v) is 6.32. The highest BCUT2D eigenvalue weighted by atomic mass is 32.2. The van der Waals surface area contributed by atoms with Gasteiger partial charge in [-0.05, 0) is 50.2 Å². The van der Waals surface area contributed by atoms with E-state index in [4.69, 9.17) is 0 Å². The molecule has 0 bridgehead atoms. The number of thioether (sulfide) groups is 1. The lowest BCUT2D eigenvalue weighted by Crippen LogP contribution is -2.31. The Bertz CT molecular complexity index is 876. The summed E-state index contributed by atoms with van der Waals surface area (Å²) in [6.45, 7) is 5.32. The summed E-state index contributed by atoms with van der Waals surface area (Å²) in [5.41, 5.74) is 1.32. The predicted molar refractivity (Wildman–Crippen MR) is 94.8 cm³/mol. The Kier molecular flexibility index (Phi) is 5.28. The molecular formula is C17H18FN5OS. The molecule has 0 atom stereocenters. The molecule has 25 heavy (non-hydrogen) atoms. The maximum Gasteiger partial charge on any atom is 0.232 e. The lowest BCUT2D eigenvalue weighted by molar-refractivity contribution is -0.127. The predicted octanol–water partition coefficient (Wildman–Crippen LogP) is 2.89. The molecule has 0 N–H and O–H groups in total. The molecule has 3 rings (SSSR count). The van der Waals surface area contributed by atoms with Crippen molar-refractivity contribution < 1.29 is 9.18 Å². The fourth-order valence-electron chi connectivity index (χ4n) is 2.43. The summed E-state index contributed by atoms with van der Waals surface area (Å²) in [6.07, 6.45) is 0. The van der Waals surface area contributed by atoms with Gasteiger partial charge in [0.15, 0.2) is 11.5 Å². The number of carbonyl (C=O) groups is 1. The van der Waals surface area contributed by atoms with E-state index in [2.05, 4.69) is 15.3 Å². The van der Waals surface area contributed by atoms with Crippen molar-refractivity contribution in [3.05, 3.63) is 42.2 Å². The molecule has 0 aliphatic heterocycles. The summed E-state index contributed by atoms with van der Waals surface area (Å²) in [6, 6.07) is 9.64. The van der Waals surface area contributed by atoms with E-state index >= 15 is 0 Å². The summed E-state index contributed by atoms with van der Waals surface area (Å²) in [4.78, 5) is 13.9. The highest BCUT2D eigenvalue weighted by molar-refractivity contribution is 7.99. The van der Waals surface area contributed by atoms with E-state index in [9.17, 15) is 9.18 Å². The molecule has 1 amide bonds. The molecule has 0 saturated carbocycles. The zero-order valence-corrected chi connectivity index (χ0v) is 14.8. The van der Waals surface area contributed by atoms with E-state index in [-0.39, 0.29) is 11.7 Å². The molecule has 0 aliphatic carbocycles. The third-order valence-electron chi connectivity index (χ3n) is 3.80. The first kappa shape index (κ1) is 17.3. The first-order valence-electron chi connectivity index (χ1n) is 8.01. The summed E-state index contributed by atoms with van der Waals surface area (Å²) < 4.78 is 14.7. The Hall–Kier alpha value is -2.48. The van der Waals surface area contributed by atoms with Gasteiger partial charge in [0.05, 0.1) is 5.75 Å². The molecule has 0 spiro atoms. The standard InChI is InChI=1S/C17H18FN5OS/c1-3-22(4-2)16(24)11-25-15-10-9-14-19-20-17(23(14)21-15)12-5-7-13(18)8-6-12/h5-10H,3-4,11H2,1-2H3. The second kappa shape index (κ2) is 7.60. The highest BCUT2D eigenvalue weighted by Crippen LogP contribution is 2.21. The van der Waals surface area contributed by atoms with Gasteiger partial charge in [0.25, 0.3) is 0 Å². The van der Waals surface area contributed by atoms with Crippen molar-refractivity contribution in [3.8, 4) is 11.4 Å². The van der Waals surface area contributed by atoms with Crippen LogP contribution in [0.3, 0.4) is 0 Å². The van der Waals surface area contributed by atoms with Crippen LogP contribution in [-0.2, 0) is 4.79 Å². The second-order valence-electron chi connectivity index (χ2n) is 5.33. The van der Waals surface area contributed by atoms with Crippen molar-refractivity contribution in [1.29, 1.82) is 0 Å². The van der Waals surface area contributed by atoms with Crippen LogP contribution in [-0.4, -0.2) is 49.5 Å². The van der Waals surface area contributed by atoms with Gasteiger partial charge >= 0.3 is 0 Å². The van der Waals surface area contributed by atoms with Gasteiger partial charge < -0.3 is 4.90 Å². The largest absolute Gasteiger partial charge is 0.343 e. The number of rotatable bonds is 6. The monoisotopic (exact) mass is 359 g/mol. The molecule has 6 nitrogen and oxygen atoms in total. The summed E-state index contributed by atoms with van der Waals surface area (Å²) in [5, 5.41) is 13.4. The number of aromatic nitrogens is 4. The third-order valence-corrected chi connectivity index (χ3v) is 4.71. The van der Waals surface area contributed by atoms with Gasteiger partial charge in [0, 0.05) is 18.7 Å². The number of carbonyl (C=O) groups excluding carboxylic acids is 1. The molecule has 2 heterocycles. The van der Waals surface area contributed by atoms with Gasteiger partial charge in [-0.2, -0.15) is 9.61 Å². The maximum atomic E-state index is 13.1. The Balaban J connectivity index is 1.83. The van der Waals surface area contributed by atoms with E-state index < -0.39 is 0 Å². The van der Waals surface area contributed by atoms with Crippen LogP contribution < -0.4 is 0 Å². The molecule has 0 aliphatic rings. The van der Waals surface area contributed by atoms with Crippen molar-refractivity contribution >= 4 is 23.3 Å². The number of fused-ring (bicyclic) bond motifs is 1. The van der Waals surface area contributed by atoms with Crippen LogP contribution in [0.15, 0.2) is 41.4 Å². The fourth-order valence-corrected chi connectivity index (χ4v) is 3.19. The van der Waals surface area contributed by atoms with Crippen molar-refractivity contribution in [2.45, 2.75) is 18.9 Å². The smallest absolute Gasteiger partial charge is 0.232 e. The van der Waals surface area contributed by atoms with Crippen LogP contribution in [0.5, 0.6) is 0 Å². The summed E-state index contributed by atoms with van der Waals surface area (Å²) in [5.74, 6) is 0.636. The van der Waals surface area contributed by atoms with Crippen LogP contribution >= 0.6 is 11.8 Å². The van der Waals surface area contributed by atoms with Crippen molar-refractivity contribution in [2.24, 2.45) is 0 Å². The molecule has 3 aromatic rings. The first-order chi connectivity index (χ1) is 12.1. The van der Waals surface area contributed by atoms with Crippen LogP contribution in [0, 0.1) is 5.82 Å². The molecule has 0 fully saturated rings. The van der Waals surface area contributed by atoms with Gasteiger partial charge in [0.2, 0.25) is 5.91 Å². The number of halogens is 1. The number of amides is 1. The van der Waals surface area contributed by atoms with Crippen LogP contribution in [0.2, 0.25) is 0 Å². The first-order valence-corrected chi connectivity index (χ1v) is 9.00. The minimum absolute atomic E-state index is 0.0828. The molecular weight excluding hydrogens is 341 g/mol. The van der Waals surface area contributed by atoms with E-state index in [1.807, 2.05) is 19.9 Å². The zero-order valence-electron chi connectivity index (χ0n) is 14.0. The van der Waals surface area contributed by atoms with Crippen molar-refractivity contribution in [3.63, 3.8) is 0 Å². The van der Waals surface area contributed by atoms with Crippen LogP contribution in [0.1, 0.15) is 13.8 Å². The Morgan fingerprint density at radius 1 is 1.12 bits per heavy atom. The number of benzene rings is 1. The number of nitrogens with zero attached hydrogens (tertiary/aromatic N) is 5. The van der Waals surface area contributed by atoms with E-state index in [0.29, 0.717) is 35.3 Å². The molecule has 1 aromatic carbocycles. The SMILES string of the molecule is CCN(CC)C(=O)CSc1ccc2nnc(-c3ccc(F)cc3)n2n1. The Morgan fingerprint density at radius 2 is 1.84 bits per heavy atom. The topological polar surface area (TPSA) is 63.4 Å². The highest BCUT2D eigenvalue weighted by Gasteiger charge is 2.13. The molecule has 2 aromatic heterocycles. The molecule has 0 radical (unpaired) electrons. The Morgan fingerprint density at radius 3 is 2.52 bits per heavy atom. The molecule has 8 heteroatoms. The van der Waals surface area contributed by atoms with Gasteiger partial charge in [-0.25, -0.2) is 4.39 Å². The van der Waals surface area contributed by atoms with E-state index in [1.165, 1.54) is 23.9 Å². The average Bonchev–Trinajstić information content (AvgIpc) is 3.05. The lowest BCUT2D eigenvalue weighted by atomic mass is 10.2. The minimum atomic E-state index is -0.309. The minimum Gasteiger partial charge on any atom is -0.343 e. The Labute approximate surface area is 149 Å². The quantitative estimate of drug-likeness (QED) is 0.633. The van der Waals surface area contributed by atoms with E-state index in [0.717, 1.165) is 5.56 Å². The average molecular weight is 359 g/mol. The van der Waals surface area contributed by atoms with Gasteiger partial charge in [-0.3, -0.25) is 4.79 Å². The molecule has 0 unspecified atom stereocenters. The van der Waals surface area contributed by atoms with Crippen LogP contribution in [0.25, 0.3) is 17.0 Å². The van der Waals surface area contributed by atoms with E-state index in [1.54, 1.807) is 27.6 Å². The molecule has 130 valence electrons. The summed E-state index contributed by atoms with van der Waals surface area (Å²) >= 11 is 1.37. The van der Waals surface area contributed by atoms with Crippen molar-refractivity contribution in [1.82, 2.24) is 24.7 Å². The lowest BCUT2D eigenvalue weighted by Gasteiger charge is -2.17. The van der Waals surface area contributed by atoms with Gasteiger partial charge in [0.1, 0.15) is 10.8 Å². The van der Waals surface area contributed by atoms with Crippen LogP contribution in [0.4, 0.5) is 4.39 Å². The summed E-state index contributed by atoms with van der Waals surface area (Å²) in [7, 11) is 0. The van der Waals surface area contributed by atoms with Crippen molar-refractivity contribution in [2.75, 3.05) is 18.8 Å². The molecule has 0 saturated heterocycles. The van der Waals surface area contributed by atoms with Gasteiger partial charge in [-0.1, -0.05) is 11.8 Å². The maximum absolute atomic E-state index is 13.1. The fraction of sp³-hybridized carbons (Fsp3) is 0.294. The zero-order chi connectivity index (χ0) is 17.8.